The van der Waals surface area contributed by atoms with Crippen molar-refractivity contribution in [3.63, 3.8) is 0 Å². The van der Waals surface area contributed by atoms with Crippen molar-refractivity contribution in [3.8, 4) is 5.75 Å². The van der Waals surface area contributed by atoms with Gasteiger partial charge in [-0.15, -0.1) is 0 Å². The number of methoxy groups -OCH3 is 1. The van der Waals surface area contributed by atoms with Crippen LogP contribution in [0.4, 0.5) is 18.9 Å². The summed E-state index contributed by atoms with van der Waals surface area (Å²) in [4.78, 5) is 20.7. The van der Waals surface area contributed by atoms with Crippen LogP contribution in [0, 0.1) is 0 Å². The smallest absolute Gasteiger partial charge is 0.433 e. The minimum Gasteiger partial charge on any atom is -0.494 e. The molecule has 1 aliphatic heterocycles. The molecule has 2 aromatic heterocycles. The second-order valence-corrected chi connectivity index (χ2v) is 10.2. The number of rotatable bonds is 4. The number of ether oxygens (including phenoxy) is 1. The average Bonchev–Trinajstić information content (AvgIpc) is 3.08. The van der Waals surface area contributed by atoms with E-state index in [1.807, 2.05) is 4.57 Å². The number of carbonyl (C=O) groups excluding carboxylic acids is 1. The van der Waals surface area contributed by atoms with Crippen molar-refractivity contribution in [3.05, 3.63) is 47.5 Å². The van der Waals surface area contributed by atoms with E-state index in [9.17, 15) is 26.4 Å². The number of aryl methyl sites for hydroxylation is 1. The predicted molar refractivity (Wildman–Crippen MR) is 115 cm³/mol. The molecule has 1 aliphatic rings. The van der Waals surface area contributed by atoms with Gasteiger partial charge in [0, 0.05) is 19.0 Å². The molecule has 1 N–H and O–H groups in total. The van der Waals surface area contributed by atoms with Gasteiger partial charge in [0.2, 0.25) is 0 Å². The van der Waals surface area contributed by atoms with Crippen molar-refractivity contribution in [2.75, 3.05) is 23.9 Å². The first kappa shape index (κ1) is 23.0. The van der Waals surface area contributed by atoms with Crippen molar-refractivity contribution in [1.29, 1.82) is 0 Å². The molecule has 1 amide bonds. The van der Waals surface area contributed by atoms with Gasteiger partial charge in [-0.25, -0.2) is 18.4 Å². The Labute approximate surface area is 187 Å². The van der Waals surface area contributed by atoms with Gasteiger partial charge in [-0.1, -0.05) is 6.07 Å². The molecular weight excluding hydrogens is 461 g/mol. The molecule has 8 nitrogen and oxygen atoms in total. The van der Waals surface area contributed by atoms with Crippen LogP contribution in [0.15, 0.2) is 30.3 Å². The average molecular weight is 482 g/mol. The van der Waals surface area contributed by atoms with Gasteiger partial charge in [0.25, 0.3) is 5.91 Å². The fourth-order valence-corrected chi connectivity index (χ4v) is 5.41. The third-order valence-corrected chi connectivity index (χ3v) is 7.39. The summed E-state index contributed by atoms with van der Waals surface area (Å²) in [5, 5.41) is 2.56. The third-order valence-electron chi connectivity index (χ3n) is 5.68. The standard InChI is InChI=1S/C21H21F3N4O4S/c1-28-16-10-15(27-20(29)13-4-3-5-18(25-13)21(22,23)24)17(32-2)11-14(16)26-19(28)12-6-8-33(30,31)9-7-12/h3-5,10-12H,6-9H2,1-2H3,(H,27,29). The zero-order valence-electron chi connectivity index (χ0n) is 17.8. The maximum atomic E-state index is 12.9. The van der Waals surface area contributed by atoms with Gasteiger partial charge in [-0.3, -0.25) is 4.79 Å². The number of halogens is 3. The van der Waals surface area contributed by atoms with Crippen LogP contribution in [0.5, 0.6) is 5.75 Å². The van der Waals surface area contributed by atoms with Gasteiger partial charge in [0.15, 0.2) is 0 Å². The molecule has 0 bridgehead atoms. The van der Waals surface area contributed by atoms with Crippen molar-refractivity contribution < 1.29 is 31.1 Å². The summed E-state index contributed by atoms with van der Waals surface area (Å²) in [6.07, 6.45) is -3.72. The molecule has 0 radical (unpaired) electrons. The van der Waals surface area contributed by atoms with Gasteiger partial charge in [0.05, 0.1) is 35.3 Å². The normalized spacial score (nSPS) is 16.6. The van der Waals surface area contributed by atoms with Crippen molar-refractivity contribution in [1.82, 2.24) is 14.5 Å². The summed E-state index contributed by atoms with van der Waals surface area (Å²) in [5.74, 6) is 0.372. The highest BCUT2D eigenvalue weighted by molar-refractivity contribution is 7.91. The maximum absolute atomic E-state index is 12.9. The van der Waals surface area contributed by atoms with Gasteiger partial charge >= 0.3 is 6.18 Å². The Balaban J connectivity index is 1.66. The molecular formula is C21H21F3N4O4S. The minimum atomic E-state index is -4.67. The highest BCUT2D eigenvalue weighted by atomic mass is 32.2. The Morgan fingerprint density at radius 2 is 1.88 bits per heavy atom. The molecule has 3 heterocycles. The number of fused-ring (bicyclic) bond motifs is 1. The lowest BCUT2D eigenvalue weighted by atomic mass is 10.0. The third kappa shape index (κ3) is 4.65. The highest BCUT2D eigenvalue weighted by Gasteiger charge is 2.33. The van der Waals surface area contributed by atoms with E-state index in [0.29, 0.717) is 23.9 Å². The van der Waals surface area contributed by atoms with Crippen molar-refractivity contribution in [2.45, 2.75) is 24.9 Å². The van der Waals surface area contributed by atoms with Crippen LogP contribution >= 0.6 is 0 Å². The molecule has 1 saturated heterocycles. The van der Waals surface area contributed by atoms with E-state index in [1.165, 1.54) is 13.2 Å². The first-order valence-electron chi connectivity index (χ1n) is 10.1. The molecule has 0 unspecified atom stereocenters. The van der Waals surface area contributed by atoms with Gasteiger partial charge < -0.3 is 14.6 Å². The Morgan fingerprint density at radius 3 is 2.52 bits per heavy atom. The lowest BCUT2D eigenvalue weighted by Gasteiger charge is -2.21. The largest absolute Gasteiger partial charge is 0.494 e. The van der Waals surface area contributed by atoms with Crippen molar-refractivity contribution in [2.24, 2.45) is 7.05 Å². The van der Waals surface area contributed by atoms with Crippen LogP contribution in [-0.4, -0.2) is 47.5 Å². The number of amides is 1. The van der Waals surface area contributed by atoms with Gasteiger partial charge in [-0.2, -0.15) is 13.2 Å². The Kier molecular flexibility index (Phi) is 5.81. The lowest BCUT2D eigenvalue weighted by Crippen LogP contribution is -2.23. The SMILES string of the molecule is COc1cc2nc(C3CCS(=O)(=O)CC3)n(C)c2cc1NC(=O)c1cccc(C(F)(F)F)n1. The van der Waals surface area contributed by atoms with Crippen LogP contribution in [0.25, 0.3) is 11.0 Å². The monoisotopic (exact) mass is 482 g/mol. The number of nitrogens with one attached hydrogen (secondary N) is 1. The number of pyridine rings is 1. The summed E-state index contributed by atoms with van der Waals surface area (Å²) in [6, 6.07) is 6.33. The summed E-state index contributed by atoms with van der Waals surface area (Å²) in [5.41, 5.74) is -0.0566. The molecule has 1 aromatic carbocycles. The molecule has 33 heavy (non-hydrogen) atoms. The van der Waals surface area contributed by atoms with Gasteiger partial charge in [-0.05, 0) is 31.0 Å². The summed E-state index contributed by atoms with van der Waals surface area (Å²) >= 11 is 0. The Bertz CT molecular complexity index is 1320. The number of alkyl halides is 3. The summed E-state index contributed by atoms with van der Waals surface area (Å²) in [7, 11) is 0.173. The van der Waals surface area contributed by atoms with Crippen molar-refractivity contribution >= 4 is 32.5 Å². The highest BCUT2D eigenvalue weighted by Crippen LogP contribution is 2.35. The number of nitrogens with zero attached hydrogens (tertiary/aromatic N) is 3. The number of imidazole rings is 1. The zero-order chi connectivity index (χ0) is 24.0. The number of aromatic nitrogens is 3. The maximum Gasteiger partial charge on any atom is 0.433 e. The number of benzene rings is 1. The van der Waals surface area contributed by atoms with E-state index in [-0.39, 0.29) is 34.6 Å². The number of carbonyl (C=O) groups is 1. The second-order valence-electron chi connectivity index (χ2n) is 7.86. The number of anilines is 1. The van der Waals surface area contributed by atoms with Crippen LogP contribution in [0.1, 0.15) is 40.8 Å². The van der Waals surface area contributed by atoms with E-state index in [0.717, 1.165) is 18.0 Å². The van der Waals surface area contributed by atoms with E-state index in [1.54, 1.807) is 19.2 Å². The number of hydrogen-bond donors (Lipinski definition) is 1. The minimum absolute atomic E-state index is 0.0238. The molecule has 1 fully saturated rings. The van der Waals surface area contributed by atoms with Crippen LogP contribution in [0.2, 0.25) is 0 Å². The van der Waals surface area contributed by atoms with E-state index < -0.39 is 27.6 Å². The van der Waals surface area contributed by atoms with Crippen LogP contribution < -0.4 is 10.1 Å². The van der Waals surface area contributed by atoms with E-state index in [4.69, 9.17) is 4.74 Å². The molecule has 0 atom stereocenters. The Hall–Kier alpha value is -3.15. The van der Waals surface area contributed by atoms with E-state index >= 15 is 0 Å². The van der Waals surface area contributed by atoms with E-state index in [2.05, 4.69) is 15.3 Å². The molecule has 3 aromatic rings. The second kappa shape index (κ2) is 8.32. The Morgan fingerprint density at radius 1 is 1.18 bits per heavy atom. The quantitative estimate of drug-likeness (QED) is 0.610. The topological polar surface area (TPSA) is 103 Å². The van der Waals surface area contributed by atoms with Gasteiger partial charge in [0.1, 0.15) is 32.8 Å². The fourth-order valence-electron chi connectivity index (χ4n) is 3.92. The summed E-state index contributed by atoms with van der Waals surface area (Å²) < 4.78 is 69.5. The van der Waals surface area contributed by atoms with Crippen LogP contribution in [0.3, 0.4) is 0 Å². The van der Waals surface area contributed by atoms with Crippen LogP contribution in [-0.2, 0) is 23.1 Å². The molecule has 176 valence electrons. The molecule has 0 spiro atoms. The predicted octanol–water partition coefficient (Wildman–Crippen LogP) is 3.54. The molecule has 4 rings (SSSR count). The fraction of sp³-hybridized carbons (Fsp3) is 0.381. The first-order valence-corrected chi connectivity index (χ1v) is 11.9. The molecule has 0 saturated carbocycles. The number of hydrogen-bond acceptors (Lipinski definition) is 6. The summed E-state index contributed by atoms with van der Waals surface area (Å²) in [6.45, 7) is 0. The first-order chi connectivity index (χ1) is 15.5. The molecule has 12 heteroatoms. The zero-order valence-corrected chi connectivity index (χ0v) is 18.6. The lowest BCUT2D eigenvalue weighted by molar-refractivity contribution is -0.141. The molecule has 0 aliphatic carbocycles. The number of sulfone groups is 1.